The Hall–Kier alpha value is -1.41. The van der Waals surface area contributed by atoms with Crippen molar-refractivity contribution >= 4 is 10.8 Å². The highest BCUT2D eigenvalue weighted by molar-refractivity contribution is 5.86. The molecule has 2 unspecified atom stereocenters. The minimum atomic E-state index is -0.123. The second-order valence-corrected chi connectivity index (χ2v) is 6.31. The summed E-state index contributed by atoms with van der Waals surface area (Å²) < 4.78 is 14.0. The van der Waals surface area contributed by atoms with Gasteiger partial charge < -0.3 is 5.32 Å². The maximum Gasteiger partial charge on any atom is 0.131 e. The smallest absolute Gasteiger partial charge is 0.131 e. The summed E-state index contributed by atoms with van der Waals surface area (Å²) in [6.07, 6.45) is 3.79. The fraction of sp³-hybridized carbons (Fsp3) is 0.474. The molecule has 1 nitrogen and oxygen atoms in total. The van der Waals surface area contributed by atoms with E-state index >= 15 is 0 Å². The molecule has 0 bridgehead atoms. The summed E-state index contributed by atoms with van der Waals surface area (Å²) in [6, 6.07) is 11.8. The fourth-order valence-corrected chi connectivity index (χ4v) is 3.33. The molecule has 0 heterocycles. The number of nitrogens with one attached hydrogen (secondary N) is 1. The van der Waals surface area contributed by atoms with Crippen molar-refractivity contribution in [2.45, 2.75) is 39.2 Å². The van der Waals surface area contributed by atoms with Gasteiger partial charge in [-0.3, -0.25) is 0 Å². The van der Waals surface area contributed by atoms with E-state index in [2.05, 4.69) is 19.2 Å². The molecule has 2 heteroatoms. The molecule has 0 aliphatic heterocycles. The van der Waals surface area contributed by atoms with Gasteiger partial charge in [0, 0.05) is 11.4 Å². The maximum atomic E-state index is 14.0. The van der Waals surface area contributed by atoms with Gasteiger partial charge in [0.05, 0.1) is 0 Å². The Morgan fingerprint density at radius 3 is 2.52 bits per heavy atom. The Kier molecular flexibility index (Phi) is 4.25. The number of hydrogen-bond donors (Lipinski definition) is 1. The Bertz CT molecular complexity index is 618. The van der Waals surface area contributed by atoms with Gasteiger partial charge in [-0.2, -0.15) is 0 Å². The third-order valence-electron chi connectivity index (χ3n) is 4.75. The van der Waals surface area contributed by atoms with Crippen LogP contribution in [-0.4, -0.2) is 6.54 Å². The van der Waals surface area contributed by atoms with Crippen LogP contribution in [0.3, 0.4) is 0 Å². The Morgan fingerprint density at radius 2 is 1.86 bits per heavy atom. The Morgan fingerprint density at radius 1 is 1.14 bits per heavy atom. The molecule has 0 saturated heterocycles. The Balaban J connectivity index is 2.03. The summed E-state index contributed by atoms with van der Waals surface area (Å²) in [6.45, 7) is 5.53. The van der Waals surface area contributed by atoms with E-state index in [1.807, 2.05) is 30.3 Å². The molecular weight excluding hydrogens is 261 g/mol. The first-order valence-electron chi connectivity index (χ1n) is 8.13. The van der Waals surface area contributed by atoms with Crippen molar-refractivity contribution in [1.29, 1.82) is 0 Å². The second kappa shape index (κ2) is 6.15. The van der Waals surface area contributed by atoms with Crippen LogP contribution >= 0.6 is 0 Å². The first-order valence-corrected chi connectivity index (χ1v) is 8.13. The molecule has 21 heavy (non-hydrogen) atoms. The fourth-order valence-electron chi connectivity index (χ4n) is 3.33. The number of fused-ring (bicyclic) bond motifs is 1. The van der Waals surface area contributed by atoms with Crippen LogP contribution in [-0.2, 0) is 0 Å². The van der Waals surface area contributed by atoms with E-state index in [0.29, 0.717) is 12.0 Å². The third-order valence-corrected chi connectivity index (χ3v) is 4.75. The summed E-state index contributed by atoms with van der Waals surface area (Å²) in [4.78, 5) is 0. The van der Waals surface area contributed by atoms with Crippen LogP contribution in [0.5, 0.6) is 0 Å². The highest BCUT2D eigenvalue weighted by Crippen LogP contribution is 2.44. The zero-order chi connectivity index (χ0) is 14.8. The van der Waals surface area contributed by atoms with Gasteiger partial charge in [0.2, 0.25) is 0 Å². The van der Waals surface area contributed by atoms with Crippen LogP contribution < -0.4 is 5.32 Å². The average molecular weight is 285 g/mol. The van der Waals surface area contributed by atoms with Crippen LogP contribution in [0.15, 0.2) is 36.4 Å². The van der Waals surface area contributed by atoms with Crippen LogP contribution in [0.4, 0.5) is 4.39 Å². The van der Waals surface area contributed by atoms with Gasteiger partial charge in [0.15, 0.2) is 0 Å². The normalized spacial score (nSPS) is 17.9. The van der Waals surface area contributed by atoms with E-state index < -0.39 is 0 Å². The number of rotatable bonds is 6. The zero-order valence-electron chi connectivity index (χ0n) is 12.9. The van der Waals surface area contributed by atoms with E-state index in [0.717, 1.165) is 29.7 Å². The van der Waals surface area contributed by atoms with Crippen LogP contribution in [0.2, 0.25) is 0 Å². The largest absolute Gasteiger partial charge is 0.310 e. The first kappa shape index (κ1) is 14.5. The van der Waals surface area contributed by atoms with E-state index in [1.165, 1.54) is 18.4 Å². The van der Waals surface area contributed by atoms with Crippen molar-refractivity contribution in [3.63, 3.8) is 0 Å². The SMILES string of the molecule is CCCNC(c1ccc(F)c2ccccc12)C(C)C1CC1. The molecule has 1 aliphatic rings. The molecule has 2 atom stereocenters. The molecule has 0 spiro atoms. The van der Waals surface area contributed by atoms with Gasteiger partial charge in [-0.15, -0.1) is 0 Å². The van der Waals surface area contributed by atoms with Gasteiger partial charge in [0.25, 0.3) is 0 Å². The maximum absolute atomic E-state index is 14.0. The topological polar surface area (TPSA) is 12.0 Å². The van der Waals surface area contributed by atoms with Crippen molar-refractivity contribution in [1.82, 2.24) is 5.32 Å². The lowest BCUT2D eigenvalue weighted by atomic mass is 9.87. The minimum Gasteiger partial charge on any atom is -0.310 e. The lowest BCUT2D eigenvalue weighted by molar-refractivity contribution is 0.351. The van der Waals surface area contributed by atoms with E-state index in [-0.39, 0.29) is 5.82 Å². The quantitative estimate of drug-likeness (QED) is 0.781. The predicted octanol–water partition coefficient (Wildman–Crippen LogP) is 5.07. The zero-order valence-corrected chi connectivity index (χ0v) is 12.9. The predicted molar refractivity (Wildman–Crippen MR) is 86.8 cm³/mol. The van der Waals surface area contributed by atoms with Crippen LogP contribution in [0.1, 0.15) is 44.7 Å². The summed E-state index contributed by atoms with van der Waals surface area (Å²) in [7, 11) is 0. The molecule has 0 radical (unpaired) electrons. The highest BCUT2D eigenvalue weighted by Gasteiger charge is 2.34. The van der Waals surface area contributed by atoms with Crippen molar-refractivity contribution < 1.29 is 4.39 Å². The van der Waals surface area contributed by atoms with Gasteiger partial charge in [-0.05, 0) is 54.7 Å². The monoisotopic (exact) mass is 285 g/mol. The van der Waals surface area contributed by atoms with E-state index in [1.54, 1.807) is 6.07 Å². The van der Waals surface area contributed by atoms with Crippen molar-refractivity contribution in [2.75, 3.05) is 6.54 Å². The first-order chi connectivity index (χ1) is 10.2. The number of hydrogen-bond acceptors (Lipinski definition) is 1. The summed E-state index contributed by atoms with van der Waals surface area (Å²) in [5.41, 5.74) is 1.25. The lowest BCUT2D eigenvalue weighted by Gasteiger charge is -2.27. The van der Waals surface area contributed by atoms with Crippen molar-refractivity contribution in [3.05, 3.63) is 47.8 Å². The van der Waals surface area contributed by atoms with Crippen molar-refractivity contribution in [2.24, 2.45) is 11.8 Å². The van der Waals surface area contributed by atoms with Crippen molar-refractivity contribution in [3.8, 4) is 0 Å². The number of halogens is 1. The van der Waals surface area contributed by atoms with Gasteiger partial charge in [-0.25, -0.2) is 4.39 Å². The summed E-state index contributed by atoms with van der Waals surface area (Å²) >= 11 is 0. The molecule has 3 rings (SSSR count). The molecule has 2 aromatic carbocycles. The molecule has 112 valence electrons. The lowest BCUT2D eigenvalue weighted by Crippen LogP contribution is -2.29. The van der Waals surface area contributed by atoms with Gasteiger partial charge in [0.1, 0.15) is 5.82 Å². The number of benzene rings is 2. The van der Waals surface area contributed by atoms with E-state index in [9.17, 15) is 4.39 Å². The average Bonchev–Trinajstić information content (AvgIpc) is 3.34. The molecule has 0 amide bonds. The third kappa shape index (κ3) is 2.96. The summed E-state index contributed by atoms with van der Waals surface area (Å²) in [5.74, 6) is 1.30. The second-order valence-electron chi connectivity index (χ2n) is 6.31. The molecule has 2 aromatic rings. The molecule has 1 saturated carbocycles. The molecule has 1 N–H and O–H groups in total. The van der Waals surface area contributed by atoms with Crippen LogP contribution in [0, 0.1) is 17.7 Å². The van der Waals surface area contributed by atoms with Gasteiger partial charge in [-0.1, -0.05) is 44.2 Å². The molecule has 1 fully saturated rings. The highest BCUT2D eigenvalue weighted by atomic mass is 19.1. The van der Waals surface area contributed by atoms with Crippen LogP contribution in [0.25, 0.3) is 10.8 Å². The van der Waals surface area contributed by atoms with E-state index in [4.69, 9.17) is 0 Å². The minimum absolute atomic E-state index is 0.123. The standard InChI is InChI=1S/C19H24FN/c1-3-12-21-19(13(2)14-8-9-14)17-10-11-18(20)16-7-5-4-6-15(16)17/h4-7,10-11,13-14,19,21H,3,8-9,12H2,1-2H3. The summed E-state index contributed by atoms with van der Waals surface area (Å²) in [5, 5.41) is 5.49. The molecular formula is C19H24FN. The molecule has 0 aromatic heterocycles. The van der Waals surface area contributed by atoms with Gasteiger partial charge >= 0.3 is 0 Å². The molecule has 1 aliphatic carbocycles. The Labute approximate surface area is 126 Å².